The number of carbonyl (C=O) groups excluding carboxylic acids is 3. The van der Waals surface area contributed by atoms with Gasteiger partial charge in [0.15, 0.2) is 0 Å². The fourth-order valence-electron chi connectivity index (χ4n) is 3.02. The van der Waals surface area contributed by atoms with Gasteiger partial charge in [-0.2, -0.15) is 12.6 Å². The van der Waals surface area contributed by atoms with Crippen LogP contribution in [0.5, 0.6) is 0 Å². The number of nitrogens with one attached hydrogen (secondary N) is 2. The zero-order valence-corrected chi connectivity index (χ0v) is 17.0. The maximum atomic E-state index is 12.7. The molecule has 0 aromatic heterocycles. The molecule has 1 rings (SSSR count). The summed E-state index contributed by atoms with van der Waals surface area (Å²) < 4.78 is 0. The van der Waals surface area contributed by atoms with Crippen molar-refractivity contribution in [2.24, 2.45) is 11.7 Å². The number of hydrogen-bond donors (Lipinski definition) is 6. The van der Waals surface area contributed by atoms with Crippen LogP contribution in [0.25, 0.3) is 0 Å². The van der Waals surface area contributed by atoms with E-state index in [1.54, 1.807) is 0 Å². The summed E-state index contributed by atoms with van der Waals surface area (Å²) in [5, 5.41) is 23.2. The Hall–Kier alpha value is -1.85. The number of nitrogens with zero attached hydrogens (tertiary/aromatic N) is 1. The van der Waals surface area contributed by atoms with E-state index in [0.29, 0.717) is 25.8 Å². The van der Waals surface area contributed by atoms with Crippen LogP contribution in [0.2, 0.25) is 0 Å². The van der Waals surface area contributed by atoms with Gasteiger partial charge in [0.2, 0.25) is 17.7 Å². The van der Waals surface area contributed by atoms with E-state index < -0.39 is 54.5 Å². The van der Waals surface area contributed by atoms with E-state index in [-0.39, 0.29) is 11.7 Å². The number of aliphatic hydroxyl groups excluding tert-OH is 1. The summed E-state index contributed by atoms with van der Waals surface area (Å²) in [6, 6.07) is -4.00. The summed E-state index contributed by atoms with van der Waals surface area (Å²) in [5.41, 5.74) is 5.57. The van der Waals surface area contributed by atoms with Gasteiger partial charge in [0.05, 0.1) is 6.61 Å². The van der Waals surface area contributed by atoms with Gasteiger partial charge in [-0.05, 0) is 25.2 Å². The average molecular weight is 419 g/mol. The van der Waals surface area contributed by atoms with Crippen molar-refractivity contribution in [1.82, 2.24) is 15.5 Å². The number of hydrogen-bond acceptors (Lipinski definition) is 7. The summed E-state index contributed by atoms with van der Waals surface area (Å²) in [6.07, 6.45) is 1.32. The van der Waals surface area contributed by atoms with Gasteiger partial charge in [-0.3, -0.25) is 14.4 Å². The Balaban J connectivity index is 2.87. The predicted octanol–water partition coefficient (Wildman–Crippen LogP) is -1.67. The van der Waals surface area contributed by atoms with E-state index >= 15 is 0 Å². The molecule has 1 heterocycles. The summed E-state index contributed by atoms with van der Waals surface area (Å²) in [7, 11) is 0. The maximum absolute atomic E-state index is 12.7. The van der Waals surface area contributed by atoms with E-state index in [2.05, 4.69) is 23.3 Å². The molecule has 4 atom stereocenters. The minimum absolute atomic E-state index is 0.0550. The Kier molecular flexibility index (Phi) is 9.70. The first-order valence-electron chi connectivity index (χ1n) is 9.23. The van der Waals surface area contributed by atoms with Crippen molar-refractivity contribution in [3.63, 3.8) is 0 Å². The largest absolute Gasteiger partial charge is 0.480 e. The number of carboxylic acids is 1. The molecule has 11 heteroatoms. The molecular weight excluding hydrogens is 388 g/mol. The Morgan fingerprint density at radius 2 is 1.86 bits per heavy atom. The fourth-order valence-corrected chi connectivity index (χ4v) is 3.27. The number of carboxylic acid groups (broad SMARTS) is 1. The summed E-state index contributed by atoms with van der Waals surface area (Å²) >= 11 is 3.91. The lowest BCUT2D eigenvalue weighted by molar-refractivity contribution is -0.142. The lowest BCUT2D eigenvalue weighted by atomic mass is 10.0. The normalized spacial score (nSPS) is 19.8. The molecule has 0 radical (unpaired) electrons. The van der Waals surface area contributed by atoms with Crippen LogP contribution < -0.4 is 16.4 Å². The SMILES string of the molecule is CC(C)CC(NC(=O)C1CCCN1C(=O)C(N)CO)C(=O)NC(CS)C(=O)O. The number of likely N-dealkylation sites (tertiary alicyclic amines) is 1. The van der Waals surface area contributed by atoms with Crippen molar-refractivity contribution in [2.75, 3.05) is 18.9 Å². The quantitative estimate of drug-likeness (QED) is 0.231. The van der Waals surface area contributed by atoms with Crippen LogP contribution >= 0.6 is 12.6 Å². The summed E-state index contributed by atoms with van der Waals surface area (Å²) in [5.74, 6) is -2.90. The first-order valence-corrected chi connectivity index (χ1v) is 9.86. The fraction of sp³-hybridized carbons (Fsp3) is 0.765. The van der Waals surface area contributed by atoms with Gasteiger partial charge in [-0.15, -0.1) is 0 Å². The van der Waals surface area contributed by atoms with Gasteiger partial charge in [-0.25, -0.2) is 4.79 Å². The molecule has 1 fully saturated rings. The second-order valence-corrected chi connectivity index (χ2v) is 7.62. The van der Waals surface area contributed by atoms with E-state index in [9.17, 15) is 19.2 Å². The first-order chi connectivity index (χ1) is 13.1. The molecule has 10 nitrogen and oxygen atoms in total. The third kappa shape index (κ3) is 6.64. The van der Waals surface area contributed by atoms with Gasteiger partial charge in [0, 0.05) is 12.3 Å². The molecular formula is C17H30N4O6S. The van der Waals surface area contributed by atoms with Crippen LogP contribution in [0.4, 0.5) is 0 Å². The van der Waals surface area contributed by atoms with Crippen molar-refractivity contribution in [2.45, 2.75) is 57.3 Å². The maximum Gasteiger partial charge on any atom is 0.327 e. The van der Waals surface area contributed by atoms with Crippen LogP contribution in [0.3, 0.4) is 0 Å². The van der Waals surface area contributed by atoms with Crippen LogP contribution in [0.1, 0.15) is 33.1 Å². The summed E-state index contributed by atoms with van der Waals surface area (Å²) in [6.45, 7) is 3.55. The Morgan fingerprint density at radius 1 is 1.21 bits per heavy atom. The molecule has 1 aliphatic heterocycles. The van der Waals surface area contributed by atoms with Crippen molar-refractivity contribution in [3.05, 3.63) is 0 Å². The monoisotopic (exact) mass is 418 g/mol. The molecule has 1 aliphatic rings. The van der Waals surface area contributed by atoms with Gasteiger partial charge in [0.1, 0.15) is 24.2 Å². The van der Waals surface area contributed by atoms with E-state index in [0.717, 1.165) is 0 Å². The number of rotatable bonds is 10. The molecule has 0 aromatic carbocycles. The van der Waals surface area contributed by atoms with Gasteiger partial charge in [-0.1, -0.05) is 13.8 Å². The minimum Gasteiger partial charge on any atom is -0.480 e. The number of thiol groups is 1. The zero-order chi connectivity index (χ0) is 21.4. The third-order valence-corrected chi connectivity index (χ3v) is 4.85. The first kappa shape index (κ1) is 24.2. The number of amides is 3. The number of aliphatic hydroxyl groups is 1. The van der Waals surface area contributed by atoms with Gasteiger partial charge < -0.3 is 31.5 Å². The Bertz CT molecular complexity index is 588. The lowest BCUT2D eigenvalue weighted by Crippen LogP contribution is -2.57. The van der Waals surface area contributed by atoms with Crippen LogP contribution in [-0.4, -0.2) is 81.9 Å². The highest BCUT2D eigenvalue weighted by Crippen LogP contribution is 2.19. The Morgan fingerprint density at radius 3 is 2.36 bits per heavy atom. The highest BCUT2D eigenvalue weighted by molar-refractivity contribution is 7.80. The zero-order valence-electron chi connectivity index (χ0n) is 16.1. The van der Waals surface area contributed by atoms with Crippen LogP contribution in [0, 0.1) is 5.92 Å². The lowest BCUT2D eigenvalue weighted by Gasteiger charge is -2.28. The van der Waals surface area contributed by atoms with Crippen LogP contribution in [-0.2, 0) is 19.2 Å². The molecule has 28 heavy (non-hydrogen) atoms. The molecule has 160 valence electrons. The molecule has 0 saturated carbocycles. The standard InChI is InChI=1S/C17H30N4O6S/c1-9(2)6-11(14(23)20-12(8-28)17(26)27)19-15(24)13-4-3-5-21(13)16(25)10(18)7-22/h9-13,22,28H,3-8,18H2,1-2H3,(H,19,24)(H,20,23)(H,26,27). The van der Waals surface area contributed by atoms with E-state index in [4.69, 9.17) is 15.9 Å². The highest BCUT2D eigenvalue weighted by atomic mass is 32.1. The second kappa shape index (κ2) is 11.2. The second-order valence-electron chi connectivity index (χ2n) is 7.25. The van der Waals surface area contributed by atoms with E-state index in [1.165, 1.54) is 4.90 Å². The molecule has 0 aliphatic carbocycles. The average Bonchev–Trinajstić information content (AvgIpc) is 3.13. The molecule has 0 bridgehead atoms. The topological polar surface area (TPSA) is 162 Å². The molecule has 3 amide bonds. The number of carbonyl (C=O) groups is 4. The molecule has 0 aromatic rings. The molecule has 6 N–H and O–H groups in total. The van der Waals surface area contributed by atoms with Gasteiger partial charge >= 0.3 is 5.97 Å². The minimum atomic E-state index is -1.22. The van der Waals surface area contributed by atoms with Crippen molar-refractivity contribution < 1.29 is 29.4 Å². The number of aliphatic carboxylic acids is 1. The van der Waals surface area contributed by atoms with Gasteiger partial charge in [0.25, 0.3) is 0 Å². The highest BCUT2D eigenvalue weighted by Gasteiger charge is 2.37. The van der Waals surface area contributed by atoms with E-state index in [1.807, 2.05) is 13.8 Å². The van der Waals surface area contributed by atoms with Crippen molar-refractivity contribution >= 4 is 36.3 Å². The van der Waals surface area contributed by atoms with Crippen LogP contribution in [0.15, 0.2) is 0 Å². The smallest absolute Gasteiger partial charge is 0.327 e. The molecule has 4 unspecified atom stereocenters. The van der Waals surface area contributed by atoms with Crippen molar-refractivity contribution in [1.29, 1.82) is 0 Å². The number of nitrogens with two attached hydrogens (primary N) is 1. The Labute approximate surface area is 169 Å². The molecule has 1 saturated heterocycles. The van der Waals surface area contributed by atoms with Crippen molar-refractivity contribution in [3.8, 4) is 0 Å². The molecule has 0 spiro atoms. The third-order valence-electron chi connectivity index (χ3n) is 4.49. The predicted molar refractivity (Wildman–Crippen MR) is 105 cm³/mol. The summed E-state index contributed by atoms with van der Waals surface area (Å²) in [4.78, 5) is 49.9.